The number of phenolic OH excluding ortho intramolecular Hbond substituents is 1. The minimum atomic E-state index is -0.486. The molecular formula is C25H34FN3O2. The number of likely N-dealkylation sites (N-methyl/N-ethyl adjacent to an activating group) is 1. The summed E-state index contributed by atoms with van der Waals surface area (Å²) in [5, 5.41) is 24.1. The van der Waals surface area contributed by atoms with Crippen molar-refractivity contribution < 1.29 is 14.6 Å². The van der Waals surface area contributed by atoms with Crippen LogP contribution in [0.5, 0.6) is 5.75 Å². The maximum Gasteiger partial charge on any atom is 0.128 e. The lowest BCUT2D eigenvalue weighted by Gasteiger charge is -2.40. The zero-order chi connectivity index (χ0) is 21.8. The van der Waals surface area contributed by atoms with Crippen molar-refractivity contribution in [1.82, 2.24) is 15.1 Å². The molecule has 1 aliphatic heterocycles. The van der Waals surface area contributed by atoms with Gasteiger partial charge in [0.25, 0.3) is 0 Å². The van der Waals surface area contributed by atoms with E-state index in [2.05, 4.69) is 28.2 Å². The Labute approximate surface area is 184 Å². The van der Waals surface area contributed by atoms with E-state index in [-0.39, 0.29) is 11.9 Å². The molecule has 31 heavy (non-hydrogen) atoms. The molecular weight excluding hydrogens is 393 g/mol. The number of aliphatic hydroxyl groups is 1. The Morgan fingerprint density at radius 1 is 1.06 bits per heavy atom. The molecule has 1 saturated heterocycles. The second-order valence-corrected chi connectivity index (χ2v) is 9.19. The molecule has 1 saturated carbocycles. The summed E-state index contributed by atoms with van der Waals surface area (Å²) in [6.45, 7) is 5.39. The molecule has 0 bridgehead atoms. The summed E-state index contributed by atoms with van der Waals surface area (Å²) in [7, 11) is 2.14. The van der Waals surface area contributed by atoms with Crippen LogP contribution in [0.1, 0.15) is 42.4 Å². The Hall–Kier alpha value is -1.99. The molecule has 3 N–H and O–H groups in total. The second kappa shape index (κ2) is 9.65. The van der Waals surface area contributed by atoms with Gasteiger partial charge in [0.1, 0.15) is 11.6 Å². The molecule has 0 atom stereocenters. The zero-order valence-electron chi connectivity index (χ0n) is 18.4. The van der Waals surface area contributed by atoms with Crippen LogP contribution in [-0.2, 0) is 18.6 Å². The quantitative estimate of drug-likeness (QED) is 0.661. The SMILES string of the molecule is CN1CCN(Cc2cc(CNC3(c4ccccc4F)CCC(O)CC3)ccc2O)CC1. The fourth-order valence-electron chi connectivity index (χ4n) is 4.88. The highest BCUT2D eigenvalue weighted by Crippen LogP contribution is 2.39. The maximum absolute atomic E-state index is 14.7. The first-order valence-electron chi connectivity index (χ1n) is 11.3. The summed E-state index contributed by atoms with van der Waals surface area (Å²) >= 11 is 0. The second-order valence-electron chi connectivity index (χ2n) is 9.19. The number of piperazine rings is 1. The third kappa shape index (κ3) is 5.26. The summed E-state index contributed by atoms with van der Waals surface area (Å²) in [5.74, 6) is 0.125. The molecule has 0 spiro atoms. The van der Waals surface area contributed by atoms with Gasteiger partial charge in [0.2, 0.25) is 0 Å². The summed E-state index contributed by atoms with van der Waals surface area (Å²) < 4.78 is 14.7. The molecule has 2 fully saturated rings. The van der Waals surface area contributed by atoms with Crippen LogP contribution in [0.2, 0.25) is 0 Å². The Kier molecular flexibility index (Phi) is 6.92. The van der Waals surface area contributed by atoms with Gasteiger partial charge in [-0.1, -0.05) is 24.3 Å². The largest absolute Gasteiger partial charge is 0.508 e. The van der Waals surface area contributed by atoms with Crippen molar-refractivity contribution in [2.24, 2.45) is 0 Å². The highest BCUT2D eigenvalue weighted by atomic mass is 19.1. The van der Waals surface area contributed by atoms with E-state index in [1.807, 2.05) is 18.2 Å². The van der Waals surface area contributed by atoms with Crippen LogP contribution in [-0.4, -0.2) is 59.3 Å². The fourth-order valence-corrected chi connectivity index (χ4v) is 4.88. The van der Waals surface area contributed by atoms with Crippen molar-refractivity contribution in [2.75, 3.05) is 33.2 Å². The standard InChI is InChI=1S/C25H34FN3O2/c1-28-12-14-29(15-13-28)18-20-16-19(6-7-24(20)31)17-27-25(10-8-21(30)9-11-25)22-4-2-3-5-23(22)26/h2-7,16,21,27,30-31H,8-15,17-18H2,1H3. The smallest absolute Gasteiger partial charge is 0.128 e. The number of rotatable bonds is 6. The first-order chi connectivity index (χ1) is 14.9. The van der Waals surface area contributed by atoms with Crippen molar-refractivity contribution in [1.29, 1.82) is 0 Å². The van der Waals surface area contributed by atoms with Crippen molar-refractivity contribution in [3.05, 3.63) is 65.0 Å². The van der Waals surface area contributed by atoms with Crippen LogP contribution >= 0.6 is 0 Å². The zero-order valence-corrected chi connectivity index (χ0v) is 18.4. The van der Waals surface area contributed by atoms with Gasteiger partial charge in [-0.25, -0.2) is 4.39 Å². The molecule has 0 unspecified atom stereocenters. The van der Waals surface area contributed by atoms with Gasteiger partial charge in [0, 0.05) is 55.9 Å². The lowest BCUT2D eigenvalue weighted by atomic mass is 9.75. The maximum atomic E-state index is 14.7. The van der Waals surface area contributed by atoms with Crippen LogP contribution < -0.4 is 5.32 Å². The molecule has 2 aliphatic rings. The Morgan fingerprint density at radius 2 is 1.77 bits per heavy atom. The molecule has 1 heterocycles. The predicted molar refractivity (Wildman–Crippen MR) is 120 cm³/mol. The highest BCUT2D eigenvalue weighted by Gasteiger charge is 2.37. The molecule has 0 amide bonds. The first kappa shape index (κ1) is 22.2. The van der Waals surface area contributed by atoms with Gasteiger partial charge in [-0.2, -0.15) is 0 Å². The number of phenols is 1. The highest BCUT2D eigenvalue weighted by molar-refractivity contribution is 5.36. The molecule has 6 heteroatoms. The normalized spacial score (nSPS) is 25.6. The van der Waals surface area contributed by atoms with E-state index in [4.69, 9.17) is 0 Å². The number of aromatic hydroxyl groups is 1. The number of nitrogens with zero attached hydrogens (tertiary/aromatic N) is 2. The van der Waals surface area contributed by atoms with Crippen LogP contribution in [0.15, 0.2) is 42.5 Å². The molecule has 1 aliphatic carbocycles. The molecule has 4 rings (SSSR count). The van der Waals surface area contributed by atoms with Gasteiger partial charge in [-0.05, 0) is 56.5 Å². The third-order valence-corrected chi connectivity index (χ3v) is 6.96. The van der Waals surface area contributed by atoms with Crippen molar-refractivity contribution in [2.45, 2.75) is 50.4 Å². The number of nitrogens with one attached hydrogen (secondary N) is 1. The number of benzene rings is 2. The van der Waals surface area contributed by atoms with Gasteiger partial charge < -0.3 is 20.4 Å². The van der Waals surface area contributed by atoms with Crippen LogP contribution in [0.25, 0.3) is 0 Å². The van der Waals surface area contributed by atoms with Gasteiger partial charge >= 0.3 is 0 Å². The van der Waals surface area contributed by atoms with E-state index in [1.54, 1.807) is 12.1 Å². The first-order valence-corrected chi connectivity index (χ1v) is 11.3. The van der Waals surface area contributed by atoms with Crippen LogP contribution in [0, 0.1) is 5.82 Å². The van der Waals surface area contributed by atoms with E-state index in [9.17, 15) is 14.6 Å². The average Bonchev–Trinajstić information content (AvgIpc) is 2.77. The lowest BCUT2D eigenvalue weighted by Crippen LogP contribution is -2.46. The van der Waals surface area contributed by atoms with Gasteiger partial charge in [-0.3, -0.25) is 4.90 Å². The number of hydrogen-bond acceptors (Lipinski definition) is 5. The lowest BCUT2D eigenvalue weighted by molar-refractivity contribution is 0.0800. The minimum absolute atomic E-state index is 0.201. The molecule has 168 valence electrons. The van der Waals surface area contributed by atoms with Crippen LogP contribution in [0.3, 0.4) is 0 Å². The van der Waals surface area contributed by atoms with Crippen molar-refractivity contribution in [3.8, 4) is 5.75 Å². The van der Waals surface area contributed by atoms with E-state index in [0.717, 1.165) is 43.9 Å². The topological polar surface area (TPSA) is 59.0 Å². The molecule has 2 aromatic carbocycles. The predicted octanol–water partition coefficient (Wildman–Crippen LogP) is 3.20. The van der Waals surface area contributed by atoms with Gasteiger partial charge in [0.05, 0.1) is 6.10 Å². The van der Waals surface area contributed by atoms with E-state index in [1.165, 1.54) is 6.07 Å². The third-order valence-electron chi connectivity index (χ3n) is 6.96. The summed E-state index contributed by atoms with van der Waals surface area (Å²) in [6.07, 6.45) is 2.39. The van der Waals surface area contributed by atoms with E-state index in [0.29, 0.717) is 43.5 Å². The summed E-state index contributed by atoms with van der Waals surface area (Å²) in [6, 6.07) is 12.7. The molecule has 2 aromatic rings. The van der Waals surface area contributed by atoms with Crippen molar-refractivity contribution >= 4 is 0 Å². The monoisotopic (exact) mass is 427 g/mol. The average molecular weight is 428 g/mol. The van der Waals surface area contributed by atoms with E-state index < -0.39 is 5.54 Å². The Bertz CT molecular complexity index is 875. The summed E-state index contributed by atoms with van der Waals surface area (Å²) in [5.41, 5.74) is 2.20. The Balaban J connectivity index is 1.49. The Morgan fingerprint density at radius 3 is 2.48 bits per heavy atom. The van der Waals surface area contributed by atoms with Gasteiger partial charge in [-0.15, -0.1) is 0 Å². The van der Waals surface area contributed by atoms with E-state index >= 15 is 0 Å². The number of halogens is 1. The van der Waals surface area contributed by atoms with Crippen molar-refractivity contribution in [3.63, 3.8) is 0 Å². The fraction of sp³-hybridized carbons (Fsp3) is 0.520. The summed E-state index contributed by atoms with van der Waals surface area (Å²) in [4.78, 5) is 4.69. The molecule has 5 nitrogen and oxygen atoms in total. The van der Waals surface area contributed by atoms with Gasteiger partial charge in [0.15, 0.2) is 0 Å². The minimum Gasteiger partial charge on any atom is -0.508 e. The molecule has 0 aromatic heterocycles. The molecule has 0 radical (unpaired) electrons. The van der Waals surface area contributed by atoms with Crippen LogP contribution in [0.4, 0.5) is 4.39 Å². The number of hydrogen-bond donors (Lipinski definition) is 3. The number of aliphatic hydroxyl groups excluding tert-OH is 1.